The van der Waals surface area contributed by atoms with E-state index >= 15 is 0 Å². The first-order valence-electron chi connectivity index (χ1n) is 6.53. The summed E-state index contributed by atoms with van der Waals surface area (Å²) in [6.07, 6.45) is 1.78. The predicted octanol–water partition coefficient (Wildman–Crippen LogP) is 5.00. The predicted molar refractivity (Wildman–Crippen MR) is 84.2 cm³/mol. The van der Waals surface area contributed by atoms with Crippen molar-refractivity contribution in [3.8, 4) is 0 Å². The summed E-state index contributed by atoms with van der Waals surface area (Å²) in [5.41, 5.74) is 2.79. The molecule has 0 saturated heterocycles. The van der Waals surface area contributed by atoms with Crippen molar-refractivity contribution in [2.24, 2.45) is 0 Å². The summed E-state index contributed by atoms with van der Waals surface area (Å²) in [4.78, 5) is 10.7. The average molecular weight is 323 g/mol. The third-order valence-corrected chi connectivity index (χ3v) is 4.14. The number of hydrogen-bond acceptors (Lipinski definition) is 3. The molecule has 1 unspecified atom stereocenters. The number of halogens is 2. The van der Waals surface area contributed by atoms with Gasteiger partial charge in [-0.25, -0.2) is 0 Å². The number of nitro benzene ring substituents is 1. The lowest BCUT2D eigenvalue weighted by atomic mass is 10.1. The van der Waals surface area contributed by atoms with Gasteiger partial charge < -0.3 is 5.32 Å². The van der Waals surface area contributed by atoms with E-state index in [2.05, 4.69) is 5.32 Å². The van der Waals surface area contributed by atoms with Crippen molar-refractivity contribution >= 4 is 34.6 Å². The Morgan fingerprint density at radius 1 is 1.14 bits per heavy atom. The Morgan fingerprint density at radius 3 is 2.62 bits per heavy atom. The van der Waals surface area contributed by atoms with Gasteiger partial charge in [-0.1, -0.05) is 29.3 Å². The lowest BCUT2D eigenvalue weighted by Gasteiger charge is -2.16. The molecule has 0 aliphatic heterocycles. The highest BCUT2D eigenvalue weighted by Crippen LogP contribution is 2.38. The van der Waals surface area contributed by atoms with Crippen LogP contribution in [0.3, 0.4) is 0 Å². The molecular weight excluding hydrogens is 311 g/mol. The van der Waals surface area contributed by atoms with Gasteiger partial charge in [0.2, 0.25) is 0 Å². The zero-order chi connectivity index (χ0) is 15.0. The van der Waals surface area contributed by atoms with Crippen LogP contribution in [0, 0.1) is 10.1 Å². The first-order valence-corrected chi connectivity index (χ1v) is 7.29. The standard InChI is InChI=1S/C15H12Cl2N2O2/c16-10-2-4-12-9(7-10)1-5-13(12)18-14-8-11(17)3-6-15(14)19(20)21/h2-4,6-8,13,18H,1,5H2. The Labute approximate surface area is 131 Å². The lowest BCUT2D eigenvalue weighted by Crippen LogP contribution is -2.08. The van der Waals surface area contributed by atoms with E-state index in [1.165, 1.54) is 17.7 Å². The molecule has 3 rings (SSSR count). The van der Waals surface area contributed by atoms with Gasteiger partial charge in [0.1, 0.15) is 5.69 Å². The fourth-order valence-corrected chi connectivity index (χ4v) is 3.07. The van der Waals surface area contributed by atoms with Crippen LogP contribution in [0.15, 0.2) is 36.4 Å². The number of nitrogens with zero attached hydrogens (tertiary/aromatic N) is 1. The summed E-state index contributed by atoms with van der Waals surface area (Å²) >= 11 is 11.9. The second kappa shape index (κ2) is 5.54. The van der Waals surface area contributed by atoms with Crippen molar-refractivity contribution in [1.82, 2.24) is 0 Å². The van der Waals surface area contributed by atoms with Crippen LogP contribution in [-0.2, 0) is 6.42 Å². The van der Waals surface area contributed by atoms with E-state index in [4.69, 9.17) is 23.2 Å². The Hall–Kier alpha value is -1.78. The van der Waals surface area contributed by atoms with Crippen molar-refractivity contribution in [2.45, 2.75) is 18.9 Å². The molecule has 108 valence electrons. The van der Waals surface area contributed by atoms with Crippen LogP contribution in [0.1, 0.15) is 23.6 Å². The minimum atomic E-state index is -0.406. The molecule has 0 spiro atoms. The molecular formula is C15H12Cl2N2O2. The third-order valence-electron chi connectivity index (χ3n) is 3.67. The first kappa shape index (κ1) is 14.2. The highest BCUT2D eigenvalue weighted by molar-refractivity contribution is 6.31. The van der Waals surface area contributed by atoms with Gasteiger partial charge in [0, 0.05) is 16.1 Å². The summed E-state index contributed by atoms with van der Waals surface area (Å²) < 4.78 is 0. The fraction of sp³-hybridized carbons (Fsp3) is 0.200. The molecule has 0 amide bonds. The van der Waals surface area contributed by atoms with Crippen molar-refractivity contribution in [3.63, 3.8) is 0 Å². The van der Waals surface area contributed by atoms with Gasteiger partial charge in [-0.2, -0.15) is 0 Å². The number of fused-ring (bicyclic) bond motifs is 1. The molecule has 1 aliphatic carbocycles. The maximum absolute atomic E-state index is 11.1. The number of hydrogen-bond donors (Lipinski definition) is 1. The molecule has 0 heterocycles. The largest absolute Gasteiger partial charge is 0.373 e. The van der Waals surface area contributed by atoms with E-state index in [1.807, 2.05) is 18.2 Å². The van der Waals surface area contributed by atoms with Gasteiger partial charge in [0.05, 0.1) is 11.0 Å². The molecule has 0 radical (unpaired) electrons. The van der Waals surface area contributed by atoms with Crippen LogP contribution in [-0.4, -0.2) is 4.92 Å². The highest BCUT2D eigenvalue weighted by atomic mass is 35.5. The van der Waals surface area contributed by atoms with Crippen molar-refractivity contribution in [1.29, 1.82) is 0 Å². The minimum Gasteiger partial charge on any atom is -0.373 e. The van der Waals surface area contributed by atoms with E-state index in [9.17, 15) is 10.1 Å². The Balaban J connectivity index is 1.93. The second-order valence-electron chi connectivity index (χ2n) is 5.00. The summed E-state index contributed by atoms with van der Waals surface area (Å²) in [6.45, 7) is 0. The monoisotopic (exact) mass is 322 g/mol. The average Bonchev–Trinajstić information content (AvgIpc) is 2.81. The molecule has 0 aromatic heterocycles. The summed E-state index contributed by atoms with van der Waals surface area (Å²) in [5, 5.41) is 15.5. The van der Waals surface area contributed by atoms with Gasteiger partial charge in [0.25, 0.3) is 5.69 Å². The van der Waals surface area contributed by atoms with E-state index in [0.29, 0.717) is 15.7 Å². The van der Waals surface area contributed by atoms with Gasteiger partial charge in [-0.05, 0) is 48.2 Å². The van der Waals surface area contributed by atoms with E-state index in [0.717, 1.165) is 18.4 Å². The van der Waals surface area contributed by atoms with Crippen molar-refractivity contribution < 1.29 is 4.92 Å². The third kappa shape index (κ3) is 2.82. The molecule has 4 nitrogen and oxygen atoms in total. The Morgan fingerprint density at radius 2 is 1.86 bits per heavy atom. The molecule has 21 heavy (non-hydrogen) atoms. The zero-order valence-corrected chi connectivity index (χ0v) is 12.5. The first-order chi connectivity index (χ1) is 10.0. The van der Waals surface area contributed by atoms with Crippen LogP contribution in [0.5, 0.6) is 0 Å². The number of nitrogens with one attached hydrogen (secondary N) is 1. The summed E-state index contributed by atoms with van der Waals surface area (Å²) in [6, 6.07) is 10.3. The van der Waals surface area contributed by atoms with Crippen molar-refractivity contribution in [3.05, 3.63) is 67.7 Å². The molecule has 2 aromatic carbocycles. The fourth-order valence-electron chi connectivity index (χ4n) is 2.71. The molecule has 6 heteroatoms. The number of anilines is 1. The van der Waals surface area contributed by atoms with Crippen LogP contribution < -0.4 is 5.32 Å². The smallest absolute Gasteiger partial charge is 0.292 e. The zero-order valence-electron chi connectivity index (χ0n) is 11.0. The molecule has 0 bridgehead atoms. The van der Waals surface area contributed by atoms with Crippen LogP contribution in [0.4, 0.5) is 11.4 Å². The molecule has 1 atom stereocenters. The number of nitro groups is 1. The summed E-state index contributed by atoms with van der Waals surface area (Å²) in [7, 11) is 0. The second-order valence-corrected chi connectivity index (χ2v) is 5.87. The van der Waals surface area contributed by atoms with E-state index in [1.54, 1.807) is 6.07 Å². The number of rotatable bonds is 3. The Kier molecular flexibility index (Phi) is 3.74. The van der Waals surface area contributed by atoms with Crippen LogP contribution in [0.2, 0.25) is 10.0 Å². The maximum Gasteiger partial charge on any atom is 0.292 e. The van der Waals surface area contributed by atoms with Gasteiger partial charge in [0.15, 0.2) is 0 Å². The lowest BCUT2D eigenvalue weighted by molar-refractivity contribution is -0.384. The number of aryl methyl sites for hydroxylation is 1. The van der Waals surface area contributed by atoms with Gasteiger partial charge >= 0.3 is 0 Å². The quantitative estimate of drug-likeness (QED) is 0.639. The number of benzene rings is 2. The summed E-state index contributed by atoms with van der Waals surface area (Å²) in [5.74, 6) is 0. The normalized spacial score (nSPS) is 16.6. The molecule has 1 aliphatic rings. The van der Waals surface area contributed by atoms with Gasteiger partial charge in [-0.3, -0.25) is 10.1 Å². The molecule has 2 aromatic rings. The maximum atomic E-state index is 11.1. The van der Waals surface area contributed by atoms with E-state index in [-0.39, 0.29) is 11.7 Å². The van der Waals surface area contributed by atoms with Gasteiger partial charge in [-0.15, -0.1) is 0 Å². The van der Waals surface area contributed by atoms with Crippen LogP contribution >= 0.6 is 23.2 Å². The molecule has 0 saturated carbocycles. The van der Waals surface area contributed by atoms with Crippen molar-refractivity contribution in [2.75, 3.05) is 5.32 Å². The highest BCUT2D eigenvalue weighted by Gasteiger charge is 2.25. The Bertz CT molecular complexity index is 719. The molecule has 1 N–H and O–H groups in total. The van der Waals surface area contributed by atoms with Crippen LogP contribution in [0.25, 0.3) is 0 Å². The van der Waals surface area contributed by atoms with E-state index < -0.39 is 4.92 Å². The molecule has 0 fully saturated rings. The topological polar surface area (TPSA) is 55.2 Å². The minimum absolute atomic E-state index is 0.0295. The SMILES string of the molecule is O=[N+]([O-])c1ccc(Cl)cc1NC1CCc2cc(Cl)ccc21.